The Morgan fingerprint density at radius 2 is 1.91 bits per heavy atom. The van der Waals surface area contributed by atoms with Crippen LogP contribution < -0.4 is 10.6 Å². The molecule has 0 aromatic heterocycles. The molecule has 1 saturated heterocycles. The van der Waals surface area contributed by atoms with E-state index in [4.69, 9.17) is 0 Å². The molecule has 1 aromatic rings. The highest BCUT2D eigenvalue weighted by molar-refractivity contribution is 5.98. The van der Waals surface area contributed by atoms with E-state index in [0.29, 0.717) is 13.1 Å². The Bertz CT molecular complexity index is 532. The summed E-state index contributed by atoms with van der Waals surface area (Å²) in [5, 5.41) is 6.28. The maximum Gasteiger partial charge on any atom is 0.324 e. The van der Waals surface area contributed by atoms with Crippen LogP contribution in [0.1, 0.15) is 31.2 Å². The fraction of sp³-hybridized carbons (Fsp3) is 0.529. The SMILES string of the molecule is O=C1NC2CCCCC2C(=O)N1CCNCc1ccccc1. The average Bonchev–Trinajstić information content (AvgIpc) is 2.55. The molecule has 0 bridgehead atoms. The molecular weight excluding hydrogens is 278 g/mol. The van der Waals surface area contributed by atoms with Crippen LogP contribution in [0.2, 0.25) is 0 Å². The van der Waals surface area contributed by atoms with Crippen LogP contribution in [0.3, 0.4) is 0 Å². The Morgan fingerprint density at radius 3 is 2.73 bits per heavy atom. The first-order valence-corrected chi connectivity index (χ1v) is 8.12. The molecule has 3 rings (SSSR count). The summed E-state index contributed by atoms with van der Waals surface area (Å²) in [5.74, 6) is -0.00413. The molecule has 2 aliphatic rings. The lowest BCUT2D eigenvalue weighted by Gasteiger charge is -2.39. The molecular formula is C17H23N3O2. The van der Waals surface area contributed by atoms with E-state index in [9.17, 15) is 9.59 Å². The van der Waals surface area contributed by atoms with Crippen LogP contribution in [-0.4, -0.2) is 36.0 Å². The molecule has 5 heteroatoms. The van der Waals surface area contributed by atoms with E-state index in [1.165, 1.54) is 10.5 Å². The average molecular weight is 301 g/mol. The van der Waals surface area contributed by atoms with E-state index < -0.39 is 0 Å². The maximum absolute atomic E-state index is 12.5. The van der Waals surface area contributed by atoms with Gasteiger partial charge in [0.2, 0.25) is 5.91 Å². The van der Waals surface area contributed by atoms with Gasteiger partial charge in [-0.3, -0.25) is 9.69 Å². The number of carbonyl (C=O) groups is 2. The summed E-state index contributed by atoms with van der Waals surface area (Å²) in [5.41, 5.74) is 1.20. The Kier molecular flexibility index (Phi) is 4.73. The van der Waals surface area contributed by atoms with E-state index in [1.807, 2.05) is 18.2 Å². The first-order chi connectivity index (χ1) is 10.8. The van der Waals surface area contributed by atoms with Crippen molar-refractivity contribution in [1.82, 2.24) is 15.5 Å². The summed E-state index contributed by atoms with van der Waals surface area (Å²) < 4.78 is 0. The minimum absolute atomic E-state index is 0.00922. The van der Waals surface area contributed by atoms with Crippen LogP contribution in [-0.2, 0) is 11.3 Å². The number of hydrogen-bond donors (Lipinski definition) is 2. The van der Waals surface area contributed by atoms with Crippen molar-refractivity contribution in [2.45, 2.75) is 38.3 Å². The Hall–Kier alpha value is -1.88. The number of rotatable bonds is 5. The Labute approximate surface area is 131 Å². The Balaban J connectivity index is 1.49. The largest absolute Gasteiger partial charge is 0.334 e. The molecule has 2 atom stereocenters. The van der Waals surface area contributed by atoms with Crippen molar-refractivity contribution < 1.29 is 9.59 Å². The van der Waals surface area contributed by atoms with Crippen LogP contribution in [0.4, 0.5) is 4.79 Å². The van der Waals surface area contributed by atoms with Gasteiger partial charge in [-0.05, 0) is 18.4 Å². The van der Waals surface area contributed by atoms with Gasteiger partial charge in [-0.2, -0.15) is 0 Å². The van der Waals surface area contributed by atoms with Crippen molar-refractivity contribution in [2.75, 3.05) is 13.1 Å². The summed E-state index contributed by atoms with van der Waals surface area (Å²) >= 11 is 0. The standard InChI is InChI=1S/C17H23N3O2/c21-16-14-8-4-5-9-15(14)19-17(22)20(16)11-10-18-12-13-6-2-1-3-7-13/h1-3,6-7,14-15,18H,4-5,8-12H2,(H,19,22). The highest BCUT2D eigenvalue weighted by Gasteiger charge is 2.41. The van der Waals surface area contributed by atoms with E-state index in [2.05, 4.69) is 22.8 Å². The number of nitrogens with zero attached hydrogens (tertiary/aromatic N) is 1. The molecule has 1 aliphatic heterocycles. The minimum atomic E-state index is -0.227. The molecule has 5 nitrogen and oxygen atoms in total. The second-order valence-electron chi connectivity index (χ2n) is 6.10. The topological polar surface area (TPSA) is 61.4 Å². The molecule has 2 fully saturated rings. The van der Waals surface area contributed by atoms with Gasteiger partial charge in [-0.25, -0.2) is 4.79 Å². The highest BCUT2D eigenvalue weighted by Crippen LogP contribution is 2.29. The van der Waals surface area contributed by atoms with Crippen LogP contribution in [0.15, 0.2) is 30.3 Å². The lowest BCUT2D eigenvalue weighted by Crippen LogP contribution is -2.61. The third-order valence-corrected chi connectivity index (χ3v) is 4.59. The molecule has 22 heavy (non-hydrogen) atoms. The monoisotopic (exact) mass is 301 g/mol. The predicted molar refractivity (Wildman–Crippen MR) is 84.1 cm³/mol. The number of hydrogen-bond acceptors (Lipinski definition) is 3. The van der Waals surface area contributed by atoms with Gasteiger partial charge in [0.25, 0.3) is 0 Å². The van der Waals surface area contributed by atoms with Gasteiger partial charge in [0.1, 0.15) is 0 Å². The number of fused-ring (bicyclic) bond motifs is 1. The molecule has 1 heterocycles. The zero-order chi connectivity index (χ0) is 15.4. The quantitative estimate of drug-likeness (QED) is 0.816. The van der Waals surface area contributed by atoms with Crippen molar-refractivity contribution in [1.29, 1.82) is 0 Å². The minimum Gasteiger partial charge on any atom is -0.334 e. The maximum atomic E-state index is 12.5. The first-order valence-electron chi connectivity index (χ1n) is 8.12. The number of benzene rings is 1. The molecule has 0 spiro atoms. The van der Waals surface area contributed by atoms with Gasteiger partial charge in [0, 0.05) is 25.7 Å². The number of imide groups is 1. The van der Waals surface area contributed by atoms with Crippen LogP contribution in [0.5, 0.6) is 0 Å². The van der Waals surface area contributed by atoms with Crippen molar-refractivity contribution >= 4 is 11.9 Å². The molecule has 3 amide bonds. The summed E-state index contributed by atoms with van der Waals surface area (Å²) in [6.45, 7) is 1.79. The third-order valence-electron chi connectivity index (χ3n) is 4.59. The van der Waals surface area contributed by atoms with Gasteiger partial charge >= 0.3 is 6.03 Å². The molecule has 1 aromatic carbocycles. The molecule has 2 N–H and O–H groups in total. The van der Waals surface area contributed by atoms with Crippen LogP contribution >= 0.6 is 0 Å². The molecule has 0 radical (unpaired) electrons. The van der Waals surface area contributed by atoms with Gasteiger partial charge in [0.15, 0.2) is 0 Å². The van der Waals surface area contributed by atoms with Gasteiger partial charge in [0.05, 0.1) is 5.92 Å². The van der Waals surface area contributed by atoms with Gasteiger partial charge < -0.3 is 10.6 Å². The van der Waals surface area contributed by atoms with E-state index in [0.717, 1.165) is 32.2 Å². The number of urea groups is 1. The second kappa shape index (κ2) is 6.92. The van der Waals surface area contributed by atoms with Gasteiger partial charge in [-0.1, -0.05) is 43.2 Å². The molecule has 1 aliphatic carbocycles. The zero-order valence-corrected chi connectivity index (χ0v) is 12.8. The molecule has 2 unspecified atom stereocenters. The third kappa shape index (κ3) is 3.30. The van der Waals surface area contributed by atoms with Crippen molar-refractivity contribution in [2.24, 2.45) is 5.92 Å². The normalized spacial score (nSPS) is 24.8. The van der Waals surface area contributed by atoms with Gasteiger partial charge in [-0.15, -0.1) is 0 Å². The number of carbonyl (C=O) groups excluding carboxylic acids is 2. The second-order valence-corrected chi connectivity index (χ2v) is 6.10. The van der Waals surface area contributed by atoms with Crippen LogP contribution in [0.25, 0.3) is 0 Å². The number of nitrogens with one attached hydrogen (secondary N) is 2. The van der Waals surface area contributed by atoms with E-state index in [1.54, 1.807) is 0 Å². The fourth-order valence-electron chi connectivity index (χ4n) is 3.37. The summed E-state index contributed by atoms with van der Waals surface area (Å²) in [6.07, 6.45) is 4.02. The Morgan fingerprint density at radius 1 is 1.14 bits per heavy atom. The van der Waals surface area contributed by atoms with E-state index in [-0.39, 0.29) is 23.9 Å². The van der Waals surface area contributed by atoms with E-state index >= 15 is 0 Å². The van der Waals surface area contributed by atoms with Crippen molar-refractivity contribution in [3.8, 4) is 0 Å². The predicted octanol–water partition coefficient (Wildman–Crippen LogP) is 1.89. The molecule has 1 saturated carbocycles. The lowest BCUT2D eigenvalue weighted by molar-refractivity contribution is -0.136. The summed E-state index contributed by atoms with van der Waals surface area (Å²) in [7, 11) is 0. The highest BCUT2D eigenvalue weighted by atomic mass is 16.2. The number of amides is 3. The van der Waals surface area contributed by atoms with Crippen LogP contribution in [0, 0.1) is 5.92 Å². The first kappa shape index (κ1) is 15.0. The smallest absolute Gasteiger partial charge is 0.324 e. The van der Waals surface area contributed by atoms with Crippen molar-refractivity contribution in [3.05, 3.63) is 35.9 Å². The summed E-state index contributed by atoms with van der Waals surface area (Å²) in [4.78, 5) is 25.9. The lowest BCUT2D eigenvalue weighted by atomic mass is 9.82. The fourth-order valence-corrected chi connectivity index (χ4v) is 3.37. The summed E-state index contributed by atoms with van der Waals surface area (Å²) in [6, 6.07) is 9.93. The zero-order valence-electron chi connectivity index (χ0n) is 12.8. The van der Waals surface area contributed by atoms with Crippen molar-refractivity contribution in [3.63, 3.8) is 0 Å². The molecule has 118 valence electrons.